The highest BCUT2D eigenvalue weighted by molar-refractivity contribution is 7.89. The molecule has 0 radical (unpaired) electrons. The van der Waals surface area contributed by atoms with Crippen LogP contribution in [-0.4, -0.2) is 84.8 Å². The van der Waals surface area contributed by atoms with E-state index in [1.807, 2.05) is 37.8 Å². The van der Waals surface area contributed by atoms with Gasteiger partial charge >= 0.3 is 6.09 Å². The fourth-order valence-corrected chi connectivity index (χ4v) is 9.85. The van der Waals surface area contributed by atoms with Gasteiger partial charge in [0, 0.05) is 47.6 Å². The number of carbonyl (C=O) groups excluding carboxylic acids is 3. The molecule has 3 unspecified atom stereocenters. The molecular weight excluding hydrogens is 657 g/mol. The van der Waals surface area contributed by atoms with Crippen molar-refractivity contribution in [1.29, 1.82) is 0 Å². The van der Waals surface area contributed by atoms with Crippen molar-refractivity contribution in [2.24, 2.45) is 5.41 Å². The van der Waals surface area contributed by atoms with Crippen molar-refractivity contribution in [2.45, 2.75) is 102 Å². The molecule has 4 heterocycles. The molecule has 4 fully saturated rings. The Morgan fingerprint density at radius 2 is 1.68 bits per heavy atom. The van der Waals surface area contributed by atoms with Gasteiger partial charge in [0.05, 0.1) is 36.6 Å². The first-order valence-corrected chi connectivity index (χ1v) is 19.7. The molecule has 8 rings (SSSR count). The van der Waals surface area contributed by atoms with E-state index in [2.05, 4.69) is 21.4 Å². The Kier molecular flexibility index (Phi) is 7.60. The lowest BCUT2D eigenvalue weighted by atomic mass is 9.81. The van der Waals surface area contributed by atoms with Crippen LogP contribution in [0.3, 0.4) is 0 Å². The molecule has 2 saturated carbocycles. The minimum absolute atomic E-state index is 0.0212. The van der Waals surface area contributed by atoms with E-state index < -0.39 is 26.9 Å². The first-order chi connectivity index (χ1) is 23.7. The van der Waals surface area contributed by atoms with Crippen LogP contribution in [0.25, 0.3) is 22.2 Å². The SMILES string of the molecule is COc1ccc2c(c1)[C@@H]1CC1(C(=O)N1CC3CC1CN3C(=O)OC(C)(C)C)Cn1c-2c(C2CCCCC2)c2ccc(C(=O)NS(C)(=O)=O)cc21. The topological polar surface area (TPSA) is 127 Å². The van der Waals surface area contributed by atoms with Gasteiger partial charge in [0.15, 0.2) is 0 Å². The summed E-state index contributed by atoms with van der Waals surface area (Å²) < 4.78 is 39.8. The molecule has 2 saturated heterocycles. The van der Waals surface area contributed by atoms with Crippen molar-refractivity contribution in [3.63, 3.8) is 0 Å². The third-order valence-corrected chi connectivity index (χ3v) is 12.2. The molecule has 2 bridgehead atoms. The van der Waals surface area contributed by atoms with E-state index in [4.69, 9.17) is 9.47 Å². The highest BCUT2D eigenvalue weighted by atomic mass is 32.2. The third-order valence-electron chi connectivity index (χ3n) is 11.6. The van der Waals surface area contributed by atoms with Crippen LogP contribution >= 0.6 is 0 Å². The zero-order valence-corrected chi connectivity index (χ0v) is 30.3. The fourth-order valence-electron chi connectivity index (χ4n) is 9.40. The Balaban J connectivity index is 1.24. The lowest BCUT2D eigenvalue weighted by molar-refractivity contribution is -0.140. The van der Waals surface area contributed by atoms with Gasteiger partial charge in [-0.3, -0.25) is 9.59 Å². The number of benzene rings is 2. The number of aromatic nitrogens is 1. The van der Waals surface area contributed by atoms with Gasteiger partial charge in [0.1, 0.15) is 11.4 Å². The Bertz CT molecular complexity index is 2040. The van der Waals surface area contributed by atoms with E-state index in [1.54, 1.807) is 24.1 Å². The summed E-state index contributed by atoms with van der Waals surface area (Å²) in [4.78, 5) is 44.9. The molecule has 0 spiro atoms. The molecule has 266 valence electrons. The minimum Gasteiger partial charge on any atom is -0.497 e. The first-order valence-electron chi connectivity index (χ1n) is 17.8. The number of likely N-dealkylation sites (tertiary alicyclic amines) is 2. The summed E-state index contributed by atoms with van der Waals surface area (Å²) in [5.41, 5.74) is 4.30. The molecule has 2 aromatic carbocycles. The lowest BCUT2D eigenvalue weighted by Crippen LogP contribution is -2.53. The van der Waals surface area contributed by atoms with E-state index >= 15 is 0 Å². The molecule has 50 heavy (non-hydrogen) atoms. The Labute approximate surface area is 293 Å². The highest BCUT2D eigenvalue weighted by Crippen LogP contribution is 2.66. The molecule has 5 aliphatic rings. The van der Waals surface area contributed by atoms with Crippen molar-refractivity contribution in [1.82, 2.24) is 19.1 Å². The maximum Gasteiger partial charge on any atom is 0.410 e. The summed E-state index contributed by atoms with van der Waals surface area (Å²) in [7, 11) is -2.10. The van der Waals surface area contributed by atoms with E-state index in [0.717, 1.165) is 71.8 Å². The zero-order chi connectivity index (χ0) is 35.3. The number of carbonyl (C=O) groups is 3. The number of amides is 3. The number of fused-ring (bicyclic) bond motifs is 9. The van der Waals surface area contributed by atoms with Crippen LogP contribution in [0, 0.1) is 5.41 Å². The number of nitrogens with one attached hydrogen (secondary N) is 1. The van der Waals surface area contributed by atoms with Gasteiger partial charge in [0.25, 0.3) is 5.91 Å². The molecule has 1 aromatic heterocycles. The van der Waals surface area contributed by atoms with Gasteiger partial charge in [-0.05, 0) is 93.8 Å². The van der Waals surface area contributed by atoms with Crippen molar-refractivity contribution in [3.05, 3.63) is 53.1 Å². The van der Waals surface area contributed by atoms with Crippen LogP contribution in [0.2, 0.25) is 0 Å². The second-order valence-electron chi connectivity index (χ2n) is 16.1. The van der Waals surface area contributed by atoms with Gasteiger partial charge in [-0.1, -0.05) is 25.3 Å². The average Bonchev–Trinajstić information content (AvgIpc) is 3.30. The summed E-state index contributed by atoms with van der Waals surface area (Å²) in [6.07, 6.45) is 7.67. The fraction of sp³-hybridized carbons (Fsp3) is 0.553. The molecule has 2 aliphatic carbocycles. The predicted octanol–water partition coefficient (Wildman–Crippen LogP) is 5.76. The van der Waals surface area contributed by atoms with Gasteiger partial charge in [-0.25, -0.2) is 17.9 Å². The summed E-state index contributed by atoms with van der Waals surface area (Å²) in [5.74, 6) is 0.469. The van der Waals surface area contributed by atoms with E-state index in [-0.39, 0.29) is 35.6 Å². The van der Waals surface area contributed by atoms with E-state index in [0.29, 0.717) is 32.0 Å². The molecule has 1 N–H and O–H groups in total. The number of hydrogen-bond acceptors (Lipinski definition) is 7. The summed E-state index contributed by atoms with van der Waals surface area (Å²) in [6, 6.07) is 11.5. The molecule has 3 aromatic rings. The highest BCUT2D eigenvalue weighted by Gasteiger charge is 2.65. The second-order valence-corrected chi connectivity index (χ2v) is 17.9. The zero-order valence-electron chi connectivity index (χ0n) is 29.5. The van der Waals surface area contributed by atoms with Crippen molar-refractivity contribution in [2.75, 3.05) is 26.5 Å². The van der Waals surface area contributed by atoms with Crippen LogP contribution in [-0.2, 0) is 26.1 Å². The largest absolute Gasteiger partial charge is 0.497 e. The van der Waals surface area contributed by atoms with Gasteiger partial charge < -0.3 is 23.8 Å². The third kappa shape index (κ3) is 5.45. The van der Waals surface area contributed by atoms with Crippen LogP contribution in [0.5, 0.6) is 5.75 Å². The molecule has 11 nitrogen and oxygen atoms in total. The summed E-state index contributed by atoms with van der Waals surface area (Å²) >= 11 is 0. The number of piperazine rings is 1. The molecular formula is C38H46N4O7S. The number of rotatable bonds is 5. The molecule has 12 heteroatoms. The van der Waals surface area contributed by atoms with Crippen LogP contribution in [0.1, 0.15) is 99.0 Å². The minimum atomic E-state index is -3.76. The van der Waals surface area contributed by atoms with Crippen molar-refractivity contribution in [3.8, 4) is 17.0 Å². The first kappa shape index (κ1) is 33.1. The Hall–Kier alpha value is -4.06. The quantitative estimate of drug-likeness (QED) is 0.358. The monoisotopic (exact) mass is 702 g/mol. The summed E-state index contributed by atoms with van der Waals surface area (Å²) in [6.45, 7) is 6.96. The molecule has 3 aliphatic heterocycles. The maximum absolute atomic E-state index is 15.0. The van der Waals surface area contributed by atoms with Crippen LogP contribution in [0.15, 0.2) is 36.4 Å². The summed E-state index contributed by atoms with van der Waals surface area (Å²) in [5, 5.41) is 1.04. The van der Waals surface area contributed by atoms with Crippen molar-refractivity contribution >= 4 is 38.8 Å². The number of hydrogen-bond donors (Lipinski definition) is 1. The molecule has 4 atom stereocenters. The van der Waals surface area contributed by atoms with E-state index in [1.165, 1.54) is 12.0 Å². The maximum atomic E-state index is 15.0. The lowest BCUT2D eigenvalue weighted by Gasteiger charge is -2.37. The van der Waals surface area contributed by atoms with E-state index in [9.17, 15) is 22.8 Å². The Morgan fingerprint density at radius 3 is 2.34 bits per heavy atom. The van der Waals surface area contributed by atoms with Crippen LogP contribution < -0.4 is 9.46 Å². The van der Waals surface area contributed by atoms with Gasteiger partial charge in [-0.15, -0.1) is 0 Å². The molecule has 3 amide bonds. The standard InChI is InChI=1S/C38H46N4O7S/c1-37(2,3)49-36(45)41-20-24-16-25(41)19-40(24)35(44)38-18-30(38)29-17-26(48-4)12-14-27(29)33-32(22-9-7-6-8-10-22)28-13-11-23(15-31(28)42(33)21-38)34(43)39-50(5,46)47/h11-15,17,22,24-25,30H,6-10,16,18-21H2,1-5H3,(H,39,43)/t24?,25?,30-,38?/m0/s1. The number of sulfonamides is 1. The average molecular weight is 703 g/mol. The predicted molar refractivity (Wildman–Crippen MR) is 189 cm³/mol. The van der Waals surface area contributed by atoms with Gasteiger partial charge in [-0.2, -0.15) is 0 Å². The van der Waals surface area contributed by atoms with Crippen LogP contribution in [0.4, 0.5) is 4.79 Å². The van der Waals surface area contributed by atoms with Crippen molar-refractivity contribution < 1.29 is 32.3 Å². The van der Waals surface area contributed by atoms with Gasteiger partial charge in [0.2, 0.25) is 15.9 Å². The Morgan fingerprint density at radius 1 is 0.960 bits per heavy atom. The number of nitrogens with zero attached hydrogens (tertiary/aromatic N) is 3. The number of methoxy groups -OCH3 is 1. The smallest absolute Gasteiger partial charge is 0.410 e. The second kappa shape index (κ2) is 11.5. The normalized spacial score (nSPS) is 25.8. The number of ether oxygens (including phenoxy) is 2.